The molecule has 0 saturated heterocycles. The number of hydrogen-bond donors (Lipinski definition) is 1. The zero-order valence-corrected chi connectivity index (χ0v) is 11.0. The summed E-state index contributed by atoms with van der Waals surface area (Å²) in [5.74, 6) is -0.419. The smallest absolute Gasteiger partial charge is 0.146 e. The van der Waals surface area contributed by atoms with Crippen molar-refractivity contribution in [2.75, 3.05) is 0 Å². The predicted molar refractivity (Wildman–Crippen MR) is 68.1 cm³/mol. The fourth-order valence-electron chi connectivity index (χ4n) is 1.95. The Balaban J connectivity index is 2.37. The molecule has 1 N–H and O–H groups in total. The van der Waals surface area contributed by atoms with E-state index in [0.717, 1.165) is 17.0 Å². The largest absolute Gasteiger partial charge is 0.392 e. The summed E-state index contributed by atoms with van der Waals surface area (Å²) in [6.45, 7) is 3.92. The molecule has 1 aromatic carbocycles. The van der Waals surface area contributed by atoms with Crippen molar-refractivity contribution in [3.63, 3.8) is 0 Å². The predicted octanol–water partition coefficient (Wildman–Crippen LogP) is 2.83. The molecule has 1 heterocycles. The second-order valence-electron chi connectivity index (χ2n) is 4.18. The van der Waals surface area contributed by atoms with Crippen LogP contribution >= 0.6 is 11.6 Å². The normalized spacial score (nSPS) is 10.9. The number of aliphatic hydroxyl groups is 1. The number of aromatic nitrogens is 2. The Morgan fingerprint density at radius 1 is 1.39 bits per heavy atom. The van der Waals surface area contributed by atoms with Gasteiger partial charge in [-0.05, 0) is 19.9 Å². The summed E-state index contributed by atoms with van der Waals surface area (Å²) < 4.78 is 15.5. The van der Waals surface area contributed by atoms with E-state index in [1.165, 1.54) is 6.07 Å². The molecule has 5 heteroatoms. The van der Waals surface area contributed by atoms with Crippen LogP contribution in [-0.4, -0.2) is 14.9 Å². The minimum Gasteiger partial charge on any atom is -0.392 e. The summed E-state index contributed by atoms with van der Waals surface area (Å²) in [4.78, 5) is 0. The van der Waals surface area contributed by atoms with Gasteiger partial charge in [0.25, 0.3) is 0 Å². The van der Waals surface area contributed by atoms with Gasteiger partial charge in [-0.25, -0.2) is 4.39 Å². The van der Waals surface area contributed by atoms with Crippen LogP contribution in [0.3, 0.4) is 0 Å². The summed E-state index contributed by atoms with van der Waals surface area (Å²) in [5, 5.41) is 13.6. The lowest BCUT2D eigenvalue weighted by atomic mass is 10.2. The van der Waals surface area contributed by atoms with E-state index >= 15 is 0 Å². The summed E-state index contributed by atoms with van der Waals surface area (Å²) in [7, 11) is 0. The third-order valence-electron chi connectivity index (χ3n) is 3.04. The van der Waals surface area contributed by atoms with Crippen LogP contribution < -0.4 is 0 Å². The van der Waals surface area contributed by atoms with Crippen LogP contribution in [0, 0.1) is 19.7 Å². The minimum atomic E-state index is -0.419. The Bertz CT molecular complexity index is 581. The molecule has 0 aliphatic heterocycles. The summed E-state index contributed by atoms with van der Waals surface area (Å²) in [6, 6.07) is 4.90. The SMILES string of the molecule is Cc1nn(Cc2cccc(Cl)c2F)c(C)c1CO. The van der Waals surface area contributed by atoms with E-state index in [1.54, 1.807) is 16.8 Å². The van der Waals surface area contributed by atoms with Gasteiger partial charge in [0.05, 0.1) is 23.9 Å². The number of rotatable bonds is 3. The van der Waals surface area contributed by atoms with Crippen molar-refractivity contribution in [3.8, 4) is 0 Å². The lowest BCUT2D eigenvalue weighted by Crippen LogP contribution is -2.06. The third kappa shape index (κ3) is 2.26. The maximum Gasteiger partial charge on any atom is 0.146 e. The number of aliphatic hydroxyl groups excluding tert-OH is 1. The number of benzene rings is 1. The molecule has 0 atom stereocenters. The summed E-state index contributed by atoms with van der Waals surface area (Å²) in [6.07, 6.45) is 0. The van der Waals surface area contributed by atoms with Crippen LogP contribution in [0.25, 0.3) is 0 Å². The molecule has 2 aromatic rings. The van der Waals surface area contributed by atoms with Crippen LogP contribution in [0.2, 0.25) is 5.02 Å². The second-order valence-corrected chi connectivity index (χ2v) is 4.59. The van der Waals surface area contributed by atoms with Gasteiger partial charge in [0.15, 0.2) is 0 Å². The first-order valence-corrected chi connectivity index (χ1v) is 5.99. The summed E-state index contributed by atoms with van der Waals surface area (Å²) >= 11 is 5.74. The molecule has 0 aliphatic rings. The molecule has 96 valence electrons. The molecular formula is C13H14ClFN2O. The maximum atomic E-state index is 13.8. The molecule has 0 bridgehead atoms. The molecule has 18 heavy (non-hydrogen) atoms. The van der Waals surface area contributed by atoms with Crippen molar-refractivity contribution in [1.29, 1.82) is 0 Å². The first kappa shape index (κ1) is 13.1. The highest BCUT2D eigenvalue weighted by molar-refractivity contribution is 6.30. The summed E-state index contributed by atoms with van der Waals surface area (Å²) in [5.41, 5.74) is 2.88. The fourth-order valence-corrected chi connectivity index (χ4v) is 2.14. The van der Waals surface area contributed by atoms with Gasteiger partial charge in [0, 0.05) is 16.8 Å². The third-order valence-corrected chi connectivity index (χ3v) is 3.33. The van der Waals surface area contributed by atoms with E-state index in [2.05, 4.69) is 5.10 Å². The van der Waals surface area contributed by atoms with Gasteiger partial charge in [-0.3, -0.25) is 4.68 Å². The van der Waals surface area contributed by atoms with E-state index in [1.807, 2.05) is 13.8 Å². The van der Waals surface area contributed by atoms with Crippen LogP contribution in [0.4, 0.5) is 4.39 Å². The number of hydrogen-bond acceptors (Lipinski definition) is 2. The number of aryl methyl sites for hydroxylation is 1. The first-order valence-electron chi connectivity index (χ1n) is 5.61. The Hall–Kier alpha value is -1.39. The molecule has 0 radical (unpaired) electrons. The lowest BCUT2D eigenvalue weighted by Gasteiger charge is -2.07. The van der Waals surface area contributed by atoms with Crippen molar-refractivity contribution in [2.24, 2.45) is 0 Å². The van der Waals surface area contributed by atoms with Crippen LogP contribution in [0.1, 0.15) is 22.5 Å². The Labute approximate surface area is 110 Å². The van der Waals surface area contributed by atoms with Crippen molar-refractivity contribution >= 4 is 11.6 Å². The molecular weight excluding hydrogens is 255 g/mol. The topological polar surface area (TPSA) is 38.0 Å². The average molecular weight is 269 g/mol. The van der Waals surface area contributed by atoms with E-state index in [-0.39, 0.29) is 11.6 Å². The van der Waals surface area contributed by atoms with E-state index < -0.39 is 5.82 Å². The monoisotopic (exact) mass is 268 g/mol. The van der Waals surface area contributed by atoms with Crippen LogP contribution in [-0.2, 0) is 13.2 Å². The Morgan fingerprint density at radius 3 is 2.72 bits per heavy atom. The van der Waals surface area contributed by atoms with Gasteiger partial charge in [-0.1, -0.05) is 23.7 Å². The first-order chi connectivity index (χ1) is 8.54. The molecule has 3 nitrogen and oxygen atoms in total. The van der Waals surface area contributed by atoms with Gasteiger partial charge in [-0.2, -0.15) is 5.10 Å². The Kier molecular flexibility index (Phi) is 3.68. The van der Waals surface area contributed by atoms with E-state index in [0.29, 0.717) is 12.1 Å². The fraction of sp³-hybridized carbons (Fsp3) is 0.308. The second kappa shape index (κ2) is 5.08. The maximum absolute atomic E-state index is 13.8. The number of nitrogens with zero attached hydrogens (tertiary/aromatic N) is 2. The van der Waals surface area contributed by atoms with Crippen molar-refractivity contribution in [2.45, 2.75) is 27.0 Å². The standard InChI is InChI=1S/C13H14ClFN2O/c1-8-11(7-18)9(2)17(16-8)6-10-4-3-5-12(14)13(10)15/h3-5,18H,6-7H2,1-2H3. The van der Waals surface area contributed by atoms with Gasteiger partial charge < -0.3 is 5.11 Å². The molecule has 0 aliphatic carbocycles. The van der Waals surface area contributed by atoms with Crippen molar-refractivity contribution in [3.05, 3.63) is 51.6 Å². The number of halogens is 2. The van der Waals surface area contributed by atoms with Gasteiger partial charge in [0.2, 0.25) is 0 Å². The molecule has 0 spiro atoms. The quantitative estimate of drug-likeness (QED) is 0.930. The van der Waals surface area contributed by atoms with Crippen LogP contribution in [0.15, 0.2) is 18.2 Å². The highest BCUT2D eigenvalue weighted by atomic mass is 35.5. The molecule has 0 saturated carbocycles. The van der Waals surface area contributed by atoms with E-state index in [9.17, 15) is 9.50 Å². The van der Waals surface area contributed by atoms with E-state index in [4.69, 9.17) is 11.6 Å². The van der Waals surface area contributed by atoms with Crippen LogP contribution in [0.5, 0.6) is 0 Å². The van der Waals surface area contributed by atoms with Crippen molar-refractivity contribution < 1.29 is 9.50 Å². The molecule has 0 unspecified atom stereocenters. The molecule has 0 fully saturated rings. The zero-order valence-electron chi connectivity index (χ0n) is 10.2. The Morgan fingerprint density at radius 2 is 2.11 bits per heavy atom. The molecule has 1 aromatic heterocycles. The lowest BCUT2D eigenvalue weighted by molar-refractivity contribution is 0.280. The van der Waals surface area contributed by atoms with Gasteiger partial charge >= 0.3 is 0 Å². The average Bonchev–Trinajstić information content (AvgIpc) is 2.60. The molecule has 0 amide bonds. The minimum absolute atomic E-state index is 0.0598. The van der Waals surface area contributed by atoms with Crippen molar-refractivity contribution in [1.82, 2.24) is 9.78 Å². The van der Waals surface area contributed by atoms with Gasteiger partial charge in [-0.15, -0.1) is 0 Å². The highest BCUT2D eigenvalue weighted by Gasteiger charge is 2.13. The van der Waals surface area contributed by atoms with Gasteiger partial charge in [0.1, 0.15) is 5.82 Å². The zero-order chi connectivity index (χ0) is 13.3. The highest BCUT2D eigenvalue weighted by Crippen LogP contribution is 2.20. The molecule has 2 rings (SSSR count).